The molecule has 0 bridgehead atoms. The highest BCUT2D eigenvalue weighted by Crippen LogP contribution is 2.37. The van der Waals surface area contributed by atoms with Gasteiger partial charge in [0.25, 0.3) is 0 Å². The van der Waals surface area contributed by atoms with E-state index < -0.39 is 0 Å². The summed E-state index contributed by atoms with van der Waals surface area (Å²) in [5, 5.41) is 3.50. The number of anilines is 1. The van der Waals surface area contributed by atoms with Crippen LogP contribution in [0.1, 0.15) is 0 Å². The number of nitrogen functional groups attached to an aromatic ring is 1. The molecule has 0 fully saturated rings. The fourth-order valence-electron chi connectivity index (χ4n) is 1.64. The van der Waals surface area contributed by atoms with Gasteiger partial charge in [0, 0.05) is 5.56 Å². The smallest absolute Gasteiger partial charge is 0.126 e. The monoisotopic (exact) mass is 276 g/mol. The van der Waals surface area contributed by atoms with Crippen molar-refractivity contribution in [3.8, 4) is 21.1 Å². The summed E-state index contributed by atoms with van der Waals surface area (Å²) in [6, 6.07) is 10.2. The van der Waals surface area contributed by atoms with Crippen molar-refractivity contribution >= 4 is 27.7 Å². The van der Waals surface area contributed by atoms with Gasteiger partial charge in [-0.15, -0.1) is 11.3 Å². The van der Waals surface area contributed by atoms with Gasteiger partial charge >= 0.3 is 0 Å². The molecular formula is C13H9FN2S2. The molecule has 0 aliphatic carbocycles. The molecule has 1 aromatic carbocycles. The summed E-state index contributed by atoms with van der Waals surface area (Å²) in [5.74, 6) is -0.248. The van der Waals surface area contributed by atoms with Crippen LogP contribution in [-0.4, -0.2) is 4.98 Å². The molecule has 0 aliphatic rings. The summed E-state index contributed by atoms with van der Waals surface area (Å²) < 4.78 is 12.9. The molecule has 2 aromatic heterocycles. The van der Waals surface area contributed by atoms with Crippen molar-refractivity contribution in [2.45, 2.75) is 0 Å². The van der Waals surface area contributed by atoms with Crippen molar-refractivity contribution in [2.75, 3.05) is 5.73 Å². The van der Waals surface area contributed by atoms with Crippen LogP contribution in [0, 0.1) is 5.82 Å². The van der Waals surface area contributed by atoms with Crippen LogP contribution in [0.15, 0.2) is 41.8 Å². The maximum Gasteiger partial charge on any atom is 0.126 e. The Bertz CT molecular complexity index is 657. The second-order valence-corrected chi connectivity index (χ2v) is 5.69. The first-order chi connectivity index (χ1) is 8.74. The van der Waals surface area contributed by atoms with Gasteiger partial charge in [0.2, 0.25) is 0 Å². The fourth-order valence-corrected chi connectivity index (χ4v) is 3.28. The van der Waals surface area contributed by atoms with E-state index in [-0.39, 0.29) is 5.82 Å². The van der Waals surface area contributed by atoms with Gasteiger partial charge in [-0.3, -0.25) is 0 Å². The molecule has 0 saturated carbocycles. The molecule has 0 spiro atoms. The second kappa shape index (κ2) is 4.51. The average molecular weight is 276 g/mol. The lowest BCUT2D eigenvalue weighted by atomic mass is 10.2. The molecular weight excluding hydrogens is 267 g/mol. The minimum Gasteiger partial charge on any atom is -0.389 e. The maximum absolute atomic E-state index is 12.9. The van der Waals surface area contributed by atoms with Gasteiger partial charge in [-0.1, -0.05) is 17.4 Å². The molecule has 0 unspecified atom stereocenters. The SMILES string of the molecule is Nc1sc(-c2ccc(F)cc2)nc1-c1cccs1. The second-order valence-electron chi connectivity index (χ2n) is 3.72. The van der Waals surface area contributed by atoms with Crippen LogP contribution in [0.5, 0.6) is 0 Å². The van der Waals surface area contributed by atoms with Crippen molar-refractivity contribution in [3.05, 3.63) is 47.6 Å². The van der Waals surface area contributed by atoms with Crippen LogP contribution < -0.4 is 5.73 Å². The molecule has 90 valence electrons. The standard InChI is InChI=1S/C13H9FN2S2/c14-9-5-3-8(4-6-9)13-16-11(12(15)18-13)10-2-1-7-17-10/h1-7H,15H2. The molecule has 0 radical (unpaired) electrons. The lowest BCUT2D eigenvalue weighted by Gasteiger charge is -1.94. The fraction of sp³-hybridized carbons (Fsp3) is 0. The molecule has 2 nitrogen and oxygen atoms in total. The largest absolute Gasteiger partial charge is 0.389 e. The quantitative estimate of drug-likeness (QED) is 0.759. The summed E-state index contributed by atoms with van der Waals surface area (Å²) in [6.07, 6.45) is 0. The predicted octanol–water partition coefficient (Wildman–Crippen LogP) is 4.26. The summed E-state index contributed by atoms with van der Waals surface area (Å²) >= 11 is 3.03. The normalized spacial score (nSPS) is 10.7. The Balaban J connectivity index is 2.05. The minimum atomic E-state index is -0.248. The van der Waals surface area contributed by atoms with Crippen molar-refractivity contribution in [2.24, 2.45) is 0 Å². The zero-order valence-corrected chi connectivity index (χ0v) is 10.9. The molecule has 0 saturated heterocycles. The van der Waals surface area contributed by atoms with Gasteiger partial charge in [-0.25, -0.2) is 9.37 Å². The summed E-state index contributed by atoms with van der Waals surface area (Å²) in [5.41, 5.74) is 7.69. The van der Waals surface area contributed by atoms with E-state index in [2.05, 4.69) is 4.98 Å². The average Bonchev–Trinajstić information content (AvgIpc) is 2.99. The number of hydrogen-bond donors (Lipinski definition) is 1. The third-order valence-electron chi connectivity index (χ3n) is 2.50. The van der Waals surface area contributed by atoms with Crippen molar-refractivity contribution < 1.29 is 4.39 Å². The Morgan fingerprint density at radius 2 is 1.89 bits per heavy atom. The topological polar surface area (TPSA) is 38.9 Å². The molecule has 3 aromatic rings. The lowest BCUT2D eigenvalue weighted by Crippen LogP contribution is -1.82. The van der Waals surface area contributed by atoms with Gasteiger partial charge in [0.1, 0.15) is 21.5 Å². The van der Waals surface area contributed by atoms with Gasteiger partial charge in [0.15, 0.2) is 0 Å². The molecule has 2 heterocycles. The van der Waals surface area contributed by atoms with E-state index in [1.165, 1.54) is 23.5 Å². The lowest BCUT2D eigenvalue weighted by molar-refractivity contribution is 0.628. The number of nitrogens with zero attached hydrogens (tertiary/aromatic N) is 1. The highest BCUT2D eigenvalue weighted by atomic mass is 32.1. The molecule has 0 atom stereocenters. The van der Waals surface area contributed by atoms with Crippen LogP contribution in [-0.2, 0) is 0 Å². The highest BCUT2D eigenvalue weighted by molar-refractivity contribution is 7.20. The summed E-state index contributed by atoms with van der Waals surface area (Å²) in [4.78, 5) is 5.59. The Labute approximate surface area is 112 Å². The van der Waals surface area contributed by atoms with E-state index in [9.17, 15) is 4.39 Å². The van der Waals surface area contributed by atoms with E-state index in [1.807, 2.05) is 17.5 Å². The Hall–Kier alpha value is -1.72. The molecule has 0 amide bonds. The summed E-state index contributed by atoms with van der Waals surface area (Å²) in [6.45, 7) is 0. The number of aromatic nitrogens is 1. The van der Waals surface area contributed by atoms with E-state index in [1.54, 1.807) is 23.5 Å². The number of hydrogen-bond acceptors (Lipinski definition) is 4. The summed E-state index contributed by atoms with van der Waals surface area (Å²) in [7, 11) is 0. The van der Waals surface area contributed by atoms with Gasteiger partial charge in [-0.05, 0) is 35.7 Å². The highest BCUT2D eigenvalue weighted by Gasteiger charge is 2.12. The Morgan fingerprint density at radius 1 is 1.11 bits per heavy atom. The third-order valence-corrected chi connectivity index (χ3v) is 4.31. The zero-order chi connectivity index (χ0) is 12.5. The van der Waals surface area contributed by atoms with E-state index in [0.29, 0.717) is 5.00 Å². The van der Waals surface area contributed by atoms with Crippen LogP contribution in [0.2, 0.25) is 0 Å². The first-order valence-electron chi connectivity index (χ1n) is 5.30. The van der Waals surface area contributed by atoms with Crippen LogP contribution in [0.4, 0.5) is 9.39 Å². The maximum atomic E-state index is 12.9. The van der Waals surface area contributed by atoms with Gasteiger partial charge in [0.05, 0.1) is 4.88 Å². The number of rotatable bonds is 2. The molecule has 18 heavy (non-hydrogen) atoms. The number of halogens is 1. The van der Waals surface area contributed by atoms with Crippen molar-refractivity contribution in [1.82, 2.24) is 4.98 Å². The zero-order valence-electron chi connectivity index (χ0n) is 9.26. The molecule has 3 rings (SSSR count). The molecule has 0 aliphatic heterocycles. The Kier molecular flexibility index (Phi) is 2.85. The minimum absolute atomic E-state index is 0.248. The van der Waals surface area contributed by atoms with Gasteiger partial charge < -0.3 is 5.73 Å². The number of thiophene rings is 1. The van der Waals surface area contributed by atoms with E-state index >= 15 is 0 Å². The van der Waals surface area contributed by atoms with Crippen LogP contribution in [0.3, 0.4) is 0 Å². The van der Waals surface area contributed by atoms with E-state index in [0.717, 1.165) is 21.1 Å². The van der Waals surface area contributed by atoms with Crippen LogP contribution >= 0.6 is 22.7 Å². The molecule has 5 heteroatoms. The number of benzene rings is 1. The third kappa shape index (κ3) is 2.02. The van der Waals surface area contributed by atoms with Crippen LogP contribution in [0.25, 0.3) is 21.1 Å². The van der Waals surface area contributed by atoms with Crippen molar-refractivity contribution in [1.29, 1.82) is 0 Å². The number of nitrogens with two attached hydrogens (primary N) is 1. The first-order valence-corrected chi connectivity index (χ1v) is 7.00. The first kappa shape index (κ1) is 11.4. The van der Waals surface area contributed by atoms with Crippen molar-refractivity contribution in [3.63, 3.8) is 0 Å². The predicted molar refractivity (Wildman–Crippen MR) is 75.2 cm³/mol. The number of thiazole rings is 1. The molecule has 2 N–H and O–H groups in total. The van der Waals surface area contributed by atoms with Gasteiger partial charge in [-0.2, -0.15) is 0 Å². The van der Waals surface area contributed by atoms with E-state index in [4.69, 9.17) is 5.73 Å². The Morgan fingerprint density at radius 3 is 2.56 bits per heavy atom.